The first-order valence-electron chi connectivity index (χ1n) is 8.09. The fourth-order valence-electron chi connectivity index (χ4n) is 3.64. The van der Waals surface area contributed by atoms with Gasteiger partial charge in [-0.25, -0.2) is 4.79 Å². The third kappa shape index (κ3) is 2.64. The molecule has 23 heavy (non-hydrogen) atoms. The van der Waals surface area contributed by atoms with Gasteiger partial charge in [0.15, 0.2) is 0 Å². The summed E-state index contributed by atoms with van der Waals surface area (Å²) >= 11 is 1.52. The maximum atomic E-state index is 11.8. The Morgan fingerprint density at radius 1 is 1.48 bits per heavy atom. The Morgan fingerprint density at radius 2 is 2.30 bits per heavy atom. The minimum absolute atomic E-state index is 0.119. The zero-order chi connectivity index (χ0) is 16.1. The van der Waals surface area contributed by atoms with E-state index in [2.05, 4.69) is 6.92 Å². The first-order chi connectivity index (χ1) is 11.1. The van der Waals surface area contributed by atoms with Crippen LogP contribution in [0.25, 0.3) is 0 Å². The number of fused-ring (bicyclic) bond motifs is 3. The van der Waals surface area contributed by atoms with E-state index in [1.54, 1.807) is 0 Å². The number of aromatic carboxylic acids is 1. The molecule has 1 aromatic rings. The molecule has 4 atom stereocenters. The van der Waals surface area contributed by atoms with Gasteiger partial charge in [0, 0.05) is 22.6 Å². The van der Waals surface area contributed by atoms with Crippen LogP contribution >= 0.6 is 11.8 Å². The zero-order valence-corrected chi connectivity index (χ0v) is 13.7. The highest BCUT2D eigenvalue weighted by Gasteiger charge is 2.54. The van der Waals surface area contributed by atoms with E-state index in [0.717, 1.165) is 31.4 Å². The monoisotopic (exact) mass is 334 g/mol. The number of benzene rings is 1. The van der Waals surface area contributed by atoms with Crippen LogP contribution in [0.1, 0.15) is 48.0 Å². The van der Waals surface area contributed by atoms with E-state index < -0.39 is 13.1 Å². The SMILES string of the molecule is CC(Sc1ccc2c(c1C(=O)O)OB(O)C1CC21)C1CCCO1. The van der Waals surface area contributed by atoms with Gasteiger partial charge in [-0.1, -0.05) is 13.0 Å². The first-order valence-corrected chi connectivity index (χ1v) is 8.97. The number of hydrogen-bond acceptors (Lipinski definition) is 5. The van der Waals surface area contributed by atoms with Crippen LogP contribution in [-0.2, 0) is 4.74 Å². The van der Waals surface area contributed by atoms with Crippen molar-refractivity contribution in [2.24, 2.45) is 0 Å². The lowest BCUT2D eigenvalue weighted by Gasteiger charge is -2.24. The third-order valence-electron chi connectivity index (χ3n) is 5.01. The largest absolute Gasteiger partial charge is 0.535 e. The highest BCUT2D eigenvalue weighted by Crippen LogP contribution is 2.60. The number of carboxylic acids is 1. The van der Waals surface area contributed by atoms with E-state index in [-0.39, 0.29) is 28.7 Å². The van der Waals surface area contributed by atoms with Crippen LogP contribution < -0.4 is 4.65 Å². The normalized spacial score (nSPS) is 29.5. The lowest BCUT2D eigenvalue weighted by molar-refractivity contribution is 0.0690. The summed E-state index contributed by atoms with van der Waals surface area (Å²) in [6, 6.07) is 3.84. The molecule has 1 saturated carbocycles. The molecule has 4 unspecified atom stereocenters. The van der Waals surface area contributed by atoms with Gasteiger partial charge >= 0.3 is 13.1 Å². The molecule has 1 aliphatic carbocycles. The molecule has 0 aromatic heterocycles. The molecule has 2 fully saturated rings. The van der Waals surface area contributed by atoms with Gasteiger partial charge in [-0.15, -0.1) is 11.8 Å². The van der Waals surface area contributed by atoms with Crippen molar-refractivity contribution in [2.45, 2.75) is 54.2 Å². The van der Waals surface area contributed by atoms with Crippen LogP contribution in [0.3, 0.4) is 0 Å². The second kappa shape index (κ2) is 5.72. The molecule has 2 N–H and O–H groups in total. The Hall–Kier alpha value is -1.18. The van der Waals surface area contributed by atoms with Crippen molar-refractivity contribution in [1.29, 1.82) is 0 Å². The van der Waals surface area contributed by atoms with Gasteiger partial charge in [0.25, 0.3) is 0 Å². The van der Waals surface area contributed by atoms with E-state index >= 15 is 0 Å². The molecule has 0 bridgehead atoms. The lowest BCUT2D eigenvalue weighted by atomic mass is 9.77. The van der Waals surface area contributed by atoms with Crippen LogP contribution in [0.15, 0.2) is 17.0 Å². The summed E-state index contributed by atoms with van der Waals surface area (Å²) in [5.74, 6) is -0.293. The predicted molar refractivity (Wildman–Crippen MR) is 87.4 cm³/mol. The van der Waals surface area contributed by atoms with Gasteiger partial charge in [-0.05, 0) is 36.8 Å². The van der Waals surface area contributed by atoms with Crippen molar-refractivity contribution in [2.75, 3.05) is 6.61 Å². The maximum Gasteiger partial charge on any atom is 0.526 e. The summed E-state index contributed by atoms with van der Waals surface area (Å²) in [6.45, 7) is 2.85. The van der Waals surface area contributed by atoms with Crippen molar-refractivity contribution in [3.8, 4) is 5.75 Å². The Kier molecular flexibility index (Phi) is 3.82. The summed E-state index contributed by atoms with van der Waals surface area (Å²) in [4.78, 5) is 12.5. The van der Waals surface area contributed by atoms with Gasteiger partial charge < -0.3 is 19.5 Å². The van der Waals surface area contributed by atoms with E-state index in [9.17, 15) is 14.9 Å². The number of ether oxygens (including phenoxy) is 1. The Bertz CT molecular complexity index is 646. The average Bonchev–Trinajstić information content (AvgIpc) is 3.13. The van der Waals surface area contributed by atoms with E-state index in [1.807, 2.05) is 12.1 Å². The summed E-state index contributed by atoms with van der Waals surface area (Å²) in [5.41, 5.74) is 1.11. The average molecular weight is 334 g/mol. The van der Waals surface area contributed by atoms with Gasteiger partial charge in [-0.3, -0.25) is 0 Å². The Morgan fingerprint density at radius 3 is 3.00 bits per heavy atom. The summed E-state index contributed by atoms with van der Waals surface area (Å²) in [6.07, 6.45) is 3.10. The third-order valence-corrected chi connectivity index (χ3v) is 6.28. The Labute approximate surface area is 139 Å². The summed E-state index contributed by atoms with van der Waals surface area (Å²) in [5, 5.41) is 19.8. The minimum Gasteiger partial charge on any atom is -0.535 e. The van der Waals surface area contributed by atoms with Crippen molar-refractivity contribution in [3.05, 3.63) is 23.3 Å². The molecule has 1 aromatic carbocycles. The van der Waals surface area contributed by atoms with Crippen LogP contribution in [0, 0.1) is 0 Å². The van der Waals surface area contributed by atoms with Crippen LogP contribution in [0.5, 0.6) is 5.75 Å². The number of thioether (sulfide) groups is 1. The molecular formula is C16H19BO5S. The summed E-state index contributed by atoms with van der Waals surface area (Å²) in [7, 11) is -0.888. The molecule has 0 amide bonds. The highest BCUT2D eigenvalue weighted by molar-refractivity contribution is 8.00. The molecule has 0 spiro atoms. The lowest BCUT2D eigenvalue weighted by Crippen LogP contribution is -2.27. The van der Waals surface area contributed by atoms with Crippen LogP contribution in [-0.4, -0.2) is 41.2 Å². The predicted octanol–water partition coefficient (Wildman–Crippen LogP) is 2.77. The zero-order valence-electron chi connectivity index (χ0n) is 12.9. The molecule has 0 radical (unpaired) electrons. The quantitative estimate of drug-likeness (QED) is 0.651. The maximum absolute atomic E-state index is 11.8. The number of rotatable bonds is 4. The molecule has 2 aliphatic heterocycles. The van der Waals surface area contributed by atoms with Crippen LogP contribution in [0.2, 0.25) is 5.82 Å². The number of carbonyl (C=O) groups is 1. The van der Waals surface area contributed by atoms with Gasteiger partial charge in [0.1, 0.15) is 11.3 Å². The fourth-order valence-corrected chi connectivity index (χ4v) is 4.86. The van der Waals surface area contributed by atoms with Crippen molar-refractivity contribution < 1.29 is 24.3 Å². The molecule has 3 aliphatic rings. The molecule has 122 valence electrons. The van der Waals surface area contributed by atoms with Crippen molar-refractivity contribution >= 4 is 24.8 Å². The summed E-state index contributed by atoms with van der Waals surface area (Å²) < 4.78 is 11.3. The molecule has 4 rings (SSSR count). The number of hydrogen-bond donors (Lipinski definition) is 2. The second-order valence-electron chi connectivity index (χ2n) is 6.55. The highest BCUT2D eigenvalue weighted by atomic mass is 32.2. The second-order valence-corrected chi connectivity index (χ2v) is 7.97. The fraction of sp³-hybridized carbons (Fsp3) is 0.562. The van der Waals surface area contributed by atoms with Crippen molar-refractivity contribution in [1.82, 2.24) is 0 Å². The molecule has 7 heteroatoms. The van der Waals surface area contributed by atoms with Gasteiger partial charge in [0.05, 0.1) is 6.10 Å². The topological polar surface area (TPSA) is 76.0 Å². The van der Waals surface area contributed by atoms with E-state index in [4.69, 9.17) is 9.39 Å². The van der Waals surface area contributed by atoms with Gasteiger partial charge in [0.2, 0.25) is 0 Å². The van der Waals surface area contributed by atoms with E-state index in [0.29, 0.717) is 10.6 Å². The Balaban J connectivity index is 1.67. The molecule has 1 saturated heterocycles. The molecule has 5 nitrogen and oxygen atoms in total. The smallest absolute Gasteiger partial charge is 0.526 e. The number of carboxylic acid groups (broad SMARTS) is 1. The minimum atomic E-state index is -1.00. The first kappa shape index (κ1) is 15.4. The van der Waals surface area contributed by atoms with Crippen molar-refractivity contribution in [3.63, 3.8) is 0 Å². The van der Waals surface area contributed by atoms with Crippen LogP contribution in [0.4, 0.5) is 0 Å². The van der Waals surface area contributed by atoms with Gasteiger partial charge in [-0.2, -0.15) is 0 Å². The molecular weight excluding hydrogens is 315 g/mol. The standard InChI is InChI=1S/C16H19BO5S/c1-8(12-3-2-6-21-12)23-13-5-4-9-10-7-11(10)17(20)22-15(9)14(13)16(18)19/h4-5,8,10-12,20H,2-3,6-7H2,1H3,(H,18,19). The molecule has 2 heterocycles. The van der Waals surface area contributed by atoms with E-state index in [1.165, 1.54) is 11.8 Å².